The minimum atomic E-state index is -0.326. The van der Waals surface area contributed by atoms with E-state index in [1.54, 1.807) is 7.11 Å². The summed E-state index contributed by atoms with van der Waals surface area (Å²) in [5.41, 5.74) is 0. The molecule has 4 unspecified atom stereocenters. The topological polar surface area (TPSA) is 70.7 Å². The van der Waals surface area contributed by atoms with Gasteiger partial charge in [0.15, 0.2) is 0 Å². The number of nitrogens with zero attached hydrogens (tertiary/aromatic N) is 1. The van der Waals surface area contributed by atoms with E-state index in [4.69, 9.17) is 4.74 Å². The Kier molecular flexibility index (Phi) is 10.5. The smallest absolute Gasteiger partial charge is 0.237 e. The molecule has 0 spiro atoms. The molecule has 0 bridgehead atoms. The Bertz CT molecular complexity index is 467. The van der Waals surface area contributed by atoms with Gasteiger partial charge in [-0.3, -0.25) is 14.5 Å². The summed E-state index contributed by atoms with van der Waals surface area (Å²) in [6, 6.07) is -0.114. The summed E-state index contributed by atoms with van der Waals surface area (Å²) in [5, 5.41) is 5.94. The van der Waals surface area contributed by atoms with Crippen LogP contribution in [0, 0.1) is 11.8 Å². The third-order valence-electron chi connectivity index (χ3n) is 4.91. The molecule has 0 aromatic carbocycles. The van der Waals surface area contributed by atoms with Crippen LogP contribution in [0.3, 0.4) is 0 Å². The number of carbonyl (C=O) groups excluding carboxylic acids is 2. The molecule has 0 saturated carbocycles. The normalized spacial score (nSPS) is 23.1. The van der Waals surface area contributed by atoms with Crippen LogP contribution in [-0.4, -0.2) is 55.7 Å². The van der Waals surface area contributed by atoms with E-state index in [0.29, 0.717) is 12.5 Å². The molecule has 1 aliphatic rings. The highest BCUT2D eigenvalue weighted by atomic mass is 16.5. The number of nitrogens with one attached hydrogen (secondary N) is 2. The molecular weight excluding hydrogens is 330 g/mol. The highest BCUT2D eigenvalue weighted by Crippen LogP contribution is 2.27. The number of methoxy groups -OCH3 is 1. The van der Waals surface area contributed by atoms with Crippen LogP contribution < -0.4 is 10.6 Å². The highest BCUT2D eigenvalue weighted by molar-refractivity contribution is 5.82. The Balaban J connectivity index is 2.89. The fourth-order valence-electron chi connectivity index (χ4n) is 3.77. The lowest BCUT2D eigenvalue weighted by atomic mass is 10.00. The zero-order valence-electron chi connectivity index (χ0n) is 17.1. The Hall–Kier alpha value is -1.40. The number of ether oxygens (including phenoxy) is 1. The van der Waals surface area contributed by atoms with Gasteiger partial charge < -0.3 is 15.4 Å². The second-order valence-corrected chi connectivity index (χ2v) is 7.19. The Morgan fingerprint density at radius 3 is 2.58 bits per heavy atom. The lowest BCUT2D eigenvalue weighted by Gasteiger charge is -2.32. The van der Waals surface area contributed by atoms with Gasteiger partial charge in [0.25, 0.3) is 0 Å². The number of rotatable bonds is 11. The van der Waals surface area contributed by atoms with Crippen LogP contribution in [-0.2, 0) is 14.3 Å². The molecule has 1 saturated heterocycles. The molecule has 1 rings (SSSR count). The van der Waals surface area contributed by atoms with Gasteiger partial charge in [-0.1, -0.05) is 32.4 Å². The highest BCUT2D eigenvalue weighted by Gasteiger charge is 2.37. The van der Waals surface area contributed by atoms with Crippen LogP contribution in [0.4, 0.5) is 0 Å². The first-order valence-corrected chi connectivity index (χ1v) is 9.91. The van der Waals surface area contributed by atoms with E-state index in [9.17, 15) is 9.59 Å². The minimum absolute atomic E-state index is 0.0941. The molecule has 1 heterocycles. The van der Waals surface area contributed by atoms with Crippen LogP contribution in [0.2, 0.25) is 0 Å². The first-order chi connectivity index (χ1) is 12.5. The van der Waals surface area contributed by atoms with Crippen molar-refractivity contribution in [3.8, 4) is 0 Å². The monoisotopic (exact) mass is 367 g/mol. The molecule has 150 valence electrons. The fourth-order valence-corrected chi connectivity index (χ4v) is 3.77. The summed E-state index contributed by atoms with van der Waals surface area (Å²) in [6.45, 7) is 10.0. The maximum absolute atomic E-state index is 12.6. The van der Waals surface area contributed by atoms with Gasteiger partial charge in [-0.15, -0.1) is 0 Å². The fraction of sp³-hybridized carbons (Fsp3) is 0.800. The summed E-state index contributed by atoms with van der Waals surface area (Å²) >= 11 is 0. The predicted octanol–water partition coefficient (Wildman–Crippen LogP) is 2.30. The van der Waals surface area contributed by atoms with E-state index in [1.807, 2.05) is 6.92 Å². The van der Waals surface area contributed by atoms with Crippen molar-refractivity contribution in [3.63, 3.8) is 0 Å². The van der Waals surface area contributed by atoms with Crippen molar-refractivity contribution in [1.29, 1.82) is 0 Å². The van der Waals surface area contributed by atoms with Crippen LogP contribution in [0.5, 0.6) is 0 Å². The Morgan fingerprint density at radius 2 is 2.04 bits per heavy atom. The van der Waals surface area contributed by atoms with E-state index >= 15 is 0 Å². The van der Waals surface area contributed by atoms with Gasteiger partial charge in [-0.2, -0.15) is 0 Å². The van der Waals surface area contributed by atoms with Gasteiger partial charge in [0.1, 0.15) is 6.23 Å². The van der Waals surface area contributed by atoms with Gasteiger partial charge in [-0.05, 0) is 32.1 Å². The molecule has 26 heavy (non-hydrogen) atoms. The van der Waals surface area contributed by atoms with Crippen LogP contribution in [0.1, 0.15) is 53.4 Å². The summed E-state index contributed by atoms with van der Waals surface area (Å²) in [5.74, 6) is 0.562. The van der Waals surface area contributed by atoms with Crippen molar-refractivity contribution in [2.75, 3.05) is 26.7 Å². The number of hydrogen-bond acceptors (Lipinski definition) is 4. The van der Waals surface area contributed by atoms with Crippen molar-refractivity contribution < 1.29 is 14.3 Å². The predicted molar refractivity (Wildman–Crippen MR) is 105 cm³/mol. The maximum atomic E-state index is 12.6. The molecule has 0 aromatic heterocycles. The Morgan fingerprint density at radius 1 is 1.31 bits per heavy atom. The molecule has 2 N–H and O–H groups in total. The number of likely N-dealkylation sites (tertiary alicyclic amines) is 1. The van der Waals surface area contributed by atoms with Crippen LogP contribution >= 0.6 is 0 Å². The van der Waals surface area contributed by atoms with E-state index < -0.39 is 0 Å². The van der Waals surface area contributed by atoms with Gasteiger partial charge >= 0.3 is 0 Å². The largest absolute Gasteiger partial charge is 0.361 e. The first-order valence-electron chi connectivity index (χ1n) is 9.91. The van der Waals surface area contributed by atoms with E-state index in [-0.39, 0.29) is 30.0 Å². The van der Waals surface area contributed by atoms with Crippen molar-refractivity contribution in [2.24, 2.45) is 11.8 Å². The molecule has 0 aromatic rings. The standard InChI is InChI=1S/C20H37N3O3/c1-6-9-16-12-18(19(25)21-11-8-3)23(13-16)14-17(10-7-2)20(26-5)22-15(4)24/h6,9,16-18,20H,7-8,10-14H2,1-5H3,(H,21,25)(H,22,24)/b9-6-. The van der Waals surface area contributed by atoms with E-state index in [1.165, 1.54) is 6.92 Å². The minimum Gasteiger partial charge on any atom is -0.361 e. The lowest BCUT2D eigenvalue weighted by Crippen LogP contribution is -2.49. The Labute approximate surface area is 158 Å². The molecule has 1 fully saturated rings. The van der Waals surface area contributed by atoms with Crippen molar-refractivity contribution in [1.82, 2.24) is 15.5 Å². The maximum Gasteiger partial charge on any atom is 0.237 e. The van der Waals surface area contributed by atoms with Gasteiger partial charge in [0.05, 0.1) is 6.04 Å². The van der Waals surface area contributed by atoms with Crippen molar-refractivity contribution >= 4 is 11.8 Å². The van der Waals surface area contributed by atoms with Gasteiger partial charge in [0, 0.05) is 39.6 Å². The quantitative estimate of drug-likeness (QED) is 0.434. The number of hydrogen-bond donors (Lipinski definition) is 2. The number of allylic oxidation sites excluding steroid dienone is 1. The summed E-state index contributed by atoms with van der Waals surface area (Å²) in [7, 11) is 1.63. The van der Waals surface area contributed by atoms with Crippen LogP contribution in [0.25, 0.3) is 0 Å². The summed E-state index contributed by atoms with van der Waals surface area (Å²) < 4.78 is 5.55. The third-order valence-corrected chi connectivity index (χ3v) is 4.91. The molecule has 6 heteroatoms. The summed E-state index contributed by atoms with van der Waals surface area (Å²) in [4.78, 5) is 26.4. The zero-order valence-corrected chi connectivity index (χ0v) is 17.1. The van der Waals surface area contributed by atoms with E-state index in [2.05, 4.69) is 41.5 Å². The third kappa shape index (κ3) is 7.08. The summed E-state index contributed by atoms with van der Waals surface area (Å²) in [6.07, 6.45) is 7.65. The van der Waals surface area contributed by atoms with Crippen LogP contribution in [0.15, 0.2) is 12.2 Å². The average molecular weight is 368 g/mol. The lowest BCUT2D eigenvalue weighted by molar-refractivity contribution is -0.128. The second-order valence-electron chi connectivity index (χ2n) is 7.19. The zero-order chi connectivity index (χ0) is 19.5. The molecule has 2 amide bonds. The second kappa shape index (κ2) is 12.1. The van der Waals surface area contributed by atoms with Crippen molar-refractivity contribution in [2.45, 2.75) is 65.6 Å². The molecule has 6 nitrogen and oxygen atoms in total. The SMILES string of the molecule is C/C=C\C1CC(C(=O)NCCC)N(CC(CCC)C(NC(C)=O)OC)C1. The molecule has 4 atom stereocenters. The van der Waals surface area contributed by atoms with Crippen molar-refractivity contribution in [3.05, 3.63) is 12.2 Å². The van der Waals surface area contributed by atoms with E-state index in [0.717, 1.165) is 38.8 Å². The molecule has 0 aliphatic carbocycles. The van der Waals surface area contributed by atoms with Gasteiger partial charge in [-0.25, -0.2) is 0 Å². The molecule has 0 radical (unpaired) electrons. The molecular formula is C20H37N3O3. The van der Waals surface area contributed by atoms with Gasteiger partial charge in [0.2, 0.25) is 11.8 Å². The molecule has 1 aliphatic heterocycles. The number of carbonyl (C=O) groups is 2. The first kappa shape index (κ1) is 22.6. The average Bonchev–Trinajstić information content (AvgIpc) is 3.00. The number of amides is 2.